The Hall–Kier alpha value is -2.08. The Labute approximate surface area is 121 Å². The quantitative estimate of drug-likeness (QED) is 0.501. The maximum Gasteiger partial charge on any atom is 0.315 e. The van der Waals surface area contributed by atoms with Crippen molar-refractivity contribution in [2.24, 2.45) is 7.05 Å². The minimum Gasteiger partial charge on any atom is -0.326 e. The van der Waals surface area contributed by atoms with Crippen LogP contribution in [-0.2, 0) is 11.8 Å². The number of rotatable bonds is 5. The number of aromatic amines is 1. The molecule has 1 heterocycles. The number of thioether (sulfide) groups is 1. The molecule has 0 unspecified atom stereocenters. The summed E-state index contributed by atoms with van der Waals surface area (Å²) in [5.41, 5.74) is 1.33. The van der Waals surface area contributed by atoms with Crippen LogP contribution in [0.4, 0.5) is 5.69 Å². The van der Waals surface area contributed by atoms with Crippen LogP contribution in [0.1, 0.15) is 17.3 Å². The first kappa shape index (κ1) is 14.3. The summed E-state index contributed by atoms with van der Waals surface area (Å²) in [5, 5.41) is 3.61. The zero-order chi connectivity index (χ0) is 14.5. The van der Waals surface area contributed by atoms with Gasteiger partial charge >= 0.3 is 5.16 Å². The summed E-state index contributed by atoms with van der Waals surface area (Å²) in [4.78, 5) is 26.0. The summed E-state index contributed by atoms with van der Waals surface area (Å²) in [6, 6.07) is 6.91. The van der Waals surface area contributed by atoms with Gasteiger partial charge in [-0.25, -0.2) is 9.55 Å². The Balaban J connectivity index is 1.95. The van der Waals surface area contributed by atoms with Crippen LogP contribution in [0.2, 0.25) is 0 Å². The average Bonchev–Trinajstić information content (AvgIpc) is 2.82. The van der Waals surface area contributed by atoms with Crippen molar-refractivity contribution in [3.63, 3.8) is 0 Å². The van der Waals surface area contributed by atoms with Crippen molar-refractivity contribution in [1.82, 2.24) is 4.98 Å². The standard InChI is InChI=1S/C14H15N3O2S/c1-10(18)16-12-5-3-11(4-6-12)13(19)9-20-14-15-7-8-17(14)2/h3-8H,9H2,1-2H3,(H,16,18,19)/p+1. The van der Waals surface area contributed by atoms with Crippen molar-refractivity contribution in [2.75, 3.05) is 11.1 Å². The van der Waals surface area contributed by atoms with E-state index in [1.807, 2.05) is 24.0 Å². The highest BCUT2D eigenvalue weighted by Gasteiger charge is 2.12. The molecule has 0 saturated heterocycles. The zero-order valence-corrected chi connectivity index (χ0v) is 12.2. The van der Waals surface area contributed by atoms with Gasteiger partial charge in [-0.15, -0.1) is 0 Å². The van der Waals surface area contributed by atoms with Crippen LogP contribution in [0.3, 0.4) is 0 Å². The summed E-state index contributed by atoms with van der Waals surface area (Å²) in [6.45, 7) is 1.45. The first-order valence-corrected chi connectivity index (χ1v) is 7.11. The molecule has 6 heteroatoms. The highest BCUT2D eigenvalue weighted by molar-refractivity contribution is 7.99. The third-order valence-corrected chi connectivity index (χ3v) is 3.78. The number of aryl methyl sites for hydroxylation is 1. The van der Waals surface area contributed by atoms with Crippen LogP contribution < -0.4 is 9.88 Å². The van der Waals surface area contributed by atoms with E-state index in [1.165, 1.54) is 18.7 Å². The van der Waals surface area contributed by atoms with Gasteiger partial charge in [0, 0.05) is 18.2 Å². The summed E-state index contributed by atoms with van der Waals surface area (Å²) in [6.07, 6.45) is 3.73. The molecular formula is C14H16N3O2S+. The molecule has 5 nitrogen and oxygen atoms in total. The van der Waals surface area contributed by atoms with Crippen molar-refractivity contribution in [1.29, 1.82) is 0 Å². The molecule has 0 bridgehead atoms. The Morgan fingerprint density at radius 3 is 2.55 bits per heavy atom. The predicted octanol–water partition coefficient (Wildman–Crippen LogP) is 1.77. The van der Waals surface area contributed by atoms with Crippen molar-refractivity contribution in [2.45, 2.75) is 12.1 Å². The number of Topliss-reactive ketones (excluding diaryl/α,β-unsaturated/α-hetero) is 1. The number of amides is 1. The number of hydrogen-bond donors (Lipinski definition) is 2. The van der Waals surface area contributed by atoms with Gasteiger partial charge in [-0.3, -0.25) is 9.59 Å². The Kier molecular flexibility index (Phi) is 4.57. The molecule has 0 fully saturated rings. The highest BCUT2D eigenvalue weighted by atomic mass is 32.2. The van der Waals surface area contributed by atoms with Crippen molar-refractivity contribution in [3.8, 4) is 0 Å². The molecule has 0 saturated carbocycles. The SMILES string of the molecule is CC(=O)Nc1ccc(C(=O)CSc2[nH]cc[n+]2C)cc1. The Morgan fingerprint density at radius 1 is 1.30 bits per heavy atom. The Morgan fingerprint density at radius 2 is 2.00 bits per heavy atom. The molecule has 2 aromatic rings. The smallest absolute Gasteiger partial charge is 0.315 e. The lowest BCUT2D eigenvalue weighted by Gasteiger charge is -2.03. The summed E-state index contributed by atoms with van der Waals surface area (Å²) in [7, 11) is 1.92. The number of benzene rings is 1. The molecular weight excluding hydrogens is 274 g/mol. The number of hydrogen-bond acceptors (Lipinski definition) is 3. The van der Waals surface area contributed by atoms with Gasteiger partial charge in [-0.1, -0.05) is 0 Å². The minimum absolute atomic E-state index is 0.0546. The van der Waals surface area contributed by atoms with Crippen molar-refractivity contribution in [3.05, 3.63) is 42.2 Å². The molecule has 0 aliphatic rings. The van der Waals surface area contributed by atoms with Gasteiger partial charge in [-0.2, -0.15) is 0 Å². The molecule has 0 radical (unpaired) electrons. The van der Waals surface area contributed by atoms with E-state index in [9.17, 15) is 9.59 Å². The molecule has 1 aromatic carbocycles. The molecule has 0 atom stereocenters. The number of aromatic nitrogens is 2. The highest BCUT2D eigenvalue weighted by Crippen LogP contribution is 2.15. The fourth-order valence-electron chi connectivity index (χ4n) is 1.69. The molecule has 0 aliphatic carbocycles. The van der Waals surface area contributed by atoms with E-state index < -0.39 is 0 Å². The molecule has 2 rings (SSSR count). The monoisotopic (exact) mass is 290 g/mol. The van der Waals surface area contributed by atoms with E-state index in [1.54, 1.807) is 24.3 Å². The molecule has 0 spiro atoms. The summed E-state index contributed by atoms with van der Waals surface area (Å²) in [5.74, 6) is 0.297. The topological polar surface area (TPSA) is 65.8 Å². The van der Waals surface area contributed by atoms with E-state index in [2.05, 4.69) is 10.3 Å². The van der Waals surface area contributed by atoms with Gasteiger partial charge in [0.05, 0.1) is 12.8 Å². The molecule has 1 amide bonds. The van der Waals surface area contributed by atoms with E-state index in [0.29, 0.717) is 17.0 Å². The first-order chi connectivity index (χ1) is 9.56. The number of H-pyrrole nitrogens is 1. The zero-order valence-electron chi connectivity index (χ0n) is 11.3. The third kappa shape index (κ3) is 3.71. The lowest BCUT2D eigenvalue weighted by Crippen LogP contribution is -2.27. The second-order valence-electron chi connectivity index (χ2n) is 4.35. The van der Waals surface area contributed by atoms with Gasteiger partial charge in [-0.05, 0) is 36.0 Å². The fraction of sp³-hybridized carbons (Fsp3) is 0.214. The van der Waals surface area contributed by atoms with Crippen LogP contribution in [0, 0.1) is 0 Å². The first-order valence-electron chi connectivity index (χ1n) is 6.13. The second kappa shape index (κ2) is 6.38. The molecule has 0 aliphatic heterocycles. The van der Waals surface area contributed by atoms with Gasteiger partial charge in [0.1, 0.15) is 12.4 Å². The largest absolute Gasteiger partial charge is 0.326 e. The number of imidazole rings is 1. The number of carbonyl (C=O) groups is 2. The summed E-state index contributed by atoms with van der Waals surface area (Å²) < 4.78 is 1.93. The number of anilines is 1. The molecule has 104 valence electrons. The number of nitrogens with one attached hydrogen (secondary N) is 2. The van der Waals surface area contributed by atoms with E-state index in [0.717, 1.165) is 5.16 Å². The van der Waals surface area contributed by atoms with Gasteiger partial charge in [0.15, 0.2) is 5.78 Å². The summed E-state index contributed by atoms with van der Waals surface area (Å²) >= 11 is 1.46. The van der Waals surface area contributed by atoms with Crippen LogP contribution in [0.25, 0.3) is 0 Å². The molecule has 1 aromatic heterocycles. The predicted molar refractivity (Wildman–Crippen MR) is 77.8 cm³/mol. The van der Waals surface area contributed by atoms with Crippen LogP contribution in [0.15, 0.2) is 41.8 Å². The molecule has 2 N–H and O–H groups in total. The number of carbonyl (C=O) groups excluding carboxylic acids is 2. The second-order valence-corrected chi connectivity index (χ2v) is 5.31. The van der Waals surface area contributed by atoms with Gasteiger partial charge < -0.3 is 5.32 Å². The number of ketones is 1. The van der Waals surface area contributed by atoms with Gasteiger partial charge in [0.2, 0.25) is 5.91 Å². The van der Waals surface area contributed by atoms with Crippen LogP contribution in [0.5, 0.6) is 0 Å². The normalized spacial score (nSPS) is 10.3. The fourth-order valence-corrected chi connectivity index (χ4v) is 2.54. The maximum absolute atomic E-state index is 12.1. The Bertz CT molecular complexity index is 620. The average molecular weight is 290 g/mol. The van der Waals surface area contributed by atoms with Crippen molar-refractivity contribution < 1.29 is 14.2 Å². The van der Waals surface area contributed by atoms with E-state index in [-0.39, 0.29) is 11.7 Å². The van der Waals surface area contributed by atoms with Gasteiger partial charge in [0.25, 0.3) is 0 Å². The molecule has 20 heavy (non-hydrogen) atoms. The minimum atomic E-state index is -0.126. The third-order valence-electron chi connectivity index (χ3n) is 2.69. The maximum atomic E-state index is 12.1. The lowest BCUT2D eigenvalue weighted by molar-refractivity contribution is -0.708. The lowest BCUT2D eigenvalue weighted by atomic mass is 10.1. The van der Waals surface area contributed by atoms with E-state index >= 15 is 0 Å². The van der Waals surface area contributed by atoms with Crippen LogP contribution >= 0.6 is 11.8 Å². The van der Waals surface area contributed by atoms with Crippen molar-refractivity contribution >= 4 is 29.1 Å². The number of nitrogens with zero attached hydrogens (tertiary/aromatic N) is 1. The van der Waals surface area contributed by atoms with E-state index in [4.69, 9.17) is 0 Å². The van der Waals surface area contributed by atoms with Crippen LogP contribution in [-0.4, -0.2) is 22.4 Å².